The van der Waals surface area contributed by atoms with Crippen LogP contribution in [0.5, 0.6) is 0 Å². The first kappa shape index (κ1) is 12.7. The van der Waals surface area contributed by atoms with E-state index in [1.807, 2.05) is 24.6 Å². The van der Waals surface area contributed by atoms with E-state index in [2.05, 4.69) is 15.5 Å². The van der Waals surface area contributed by atoms with Crippen LogP contribution in [0, 0.1) is 6.92 Å². The van der Waals surface area contributed by atoms with E-state index in [9.17, 15) is 4.79 Å². The van der Waals surface area contributed by atoms with Crippen molar-refractivity contribution in [3.05, 3.63) is 18.1 Å². The van der Waals surface area contributed by atoms with Crippen LogP contribution in [-0.2, 0) is 11.8 Å². The molecule has 96 valence electrons. The Labute approximate surface area is 109 Å². The highest BCUT2D eigenvalue weighted by atomic mass is 32.2. The third-order valence-corrected chi connectivity index (χ3v) is 3.57. The van der Waals surface area contributed by atoms with Crippen LogP contribution in [0.2, 0.25) is 0 Å². The minimum Gasteiger partial charge on any atom is -0.469 e. The van der Waals surface area contributed by atoms with Crippen molar-refractivity contribution in [2.45, 2.75) is 12.1 Å². The van der Waals surface area contributed by atoms with Gasteiger partial charge in [0.1, 0.15) is 5.76 Å². The fourth-order valence-electron chi connectivity index (χ4n) is 1.49. The molecule has 1 amide bonds. The van der Waals surface area contributed by atoms with E-state index in [0.29, 0.717) is 10.9 Å². The molecule has 0 bridgehead atoms. The Morgan fingerprint density at radius 2 is 2.33 bits per heavy atom. The molecule has 0 radical (unpaired) electrons. The number of furan rings is 1. The zero-order valence-electron chi connectivity index (χ0n) is 10.4. The highest BCUT2D eigenvalue weighted by Gasteiger charge is 2.15. The number of hydrogen-bond acceptors (Lipinski definition) is 5. The fraction of sp³-hybridized carbons (Fsp3) is 0.364. The van der Waals surface area contributed by atoms with Crippen LogP contribution in [-0.4, -0.2) is 33.5 Å². The van der Waals surface area contributed by atoms with E-state index in [1.165, 1.54) is 11.8 Å². The van der Waals surface area contributed by atoms with E-state index in [4.69, 9.17) is 4.42 Å². The maximum atomic E-state index is 11.2. The molecule has 0 atom stereocenters. The predicted molar refractivity (Wildman–Crippen MR) is 68.2 cm³/mol. The average Bonchev–Trinajstić information content (AvgIpc) is 2.93. The van der Waals surface area contributed by atoms with Crippen molar-refractivity contribution in [3.8, 4) is 11.4 Å². The van der Waals surface area contributed by atoms with Crippen LogP contribution < -0.4 is 5.32 Å². The molecule has 18 heavy (non-hydrogen) atoms. The highest BCUT2D eigenvalue weighted by molar-refractivity contribution is 7.99. The summed E-state index contributed by atoms with van der Waals surface area (Å²) in [4.78, 5) is 11.2. The van der Waals surface area contributed by atoms with Gasteiger partial charge in [0.05, 0.1) is 17.6 Å². The number of hydrogen-bond donors (Lipinski definition) is 1. The normalized spacial score (nSPS) is 10.6. The van der Waals surface area contributed by atoms with Gasteiger partial charge < -0.3 is 14.3 Å². The number of nitrogens with one attached hydrogen (secondary N) is 1. The maximum absolute atomic E-state index is 11.2. The quantitative estimate of drug-likeness (QED) is 0.842. The monoisotopic (exact) mass is 266 g/mol. The van der Waals surface area contributed by atoms with Crippen molar-refractivity contribution in [2.75, 3.05) is 12.8 Å². The molecule has 0 aliphatic heterocycles. The topological polar surface area (TPSA) is 73.0 Å². The van der Waals surface area contributed by atoms with Crippen molar-refractivity contribution < 1.29 is 9.21 Å². The van der Waals surface area contributed by atoms with E-state index >= 15 is 0 Å². The van der Waals surface area contributed by atoms with Gasteiger partial charge in [-0.25, -0.2) is 0 Å². The second-order valence-corrected chi connectivity index (χ2v) is 4.66. The first-order valence-corrected chi connectivity index (χ1v) is 6.39. The van der Waals surface area contributed by atoms with Crippen LogP contribution in [0.3, 0.4) is 0 Å². The number of nitrogens with zero attached hydrogens (tertiary/aromatic N) is 3. The Morgan fingerprint density at radius 3 is 2.94 bits per heavy atom. The minimum atomic E-state index is -0.0379. The number of aryl methyl sites for hydroxylation is 1. The number of carbonyl (C=O) groups is 1. The number of thioether (sulfide) groups is 1. The molecule has 2 rings (SSSR count). The summed E-state index contributed by atoms with van der Waals surface area (Å²) in [6.45, 7) is 1.88. The Morgan fingerprint density at radius 1 is 1.56 bits per heavy atom. The zero-order chi connectivity index (χ0) is 13.1. The van der Waals surface area contributed by atoms with Crippen molar-refractivity contribution >= 4 is 17.7 Å². The average molecular weight is 266 g/mol. The maximum Gasteiger partial charge on any atom is 0.230 e. The van der Waals surface area contributed by atoms with Gasteiger partial charge in [-0.15, -0.1) is 10.2 Å². The molecular weight excluding hydrogens is 252 g/mol. The summed E-state index contributed by atoms with van der Waals surface area (Å²) in [6.07, 6.45) is 1.62. The summed E-state index contributed by atoms with van der Waals surface area (Å²) in [5.41, 5.74) is 0.914. The molecular formula is C11H14N4O2S. The Bertz CT molecular complexity index is 561. The molecule has 0 aliphatic carbocycles. The van der Waals surface area contributed by atoms with E-state index < -0.39 is 0 Å². The lowest BCUT2D eigenvalue weighted by molar-refractivity contribution is -0.118. The van der Waals surface area contributed by atoms with E-state index in [-0.39, 0.29) is 5.91 Å². The molecule has 7 heteroatoms. The molecule has 2 aromatic heterocycles. The van der Waals surface area contributed by atoms with Crippen molar-refractivity contribution in [1.29, 1.82) is 0 Å². The Hall–Kier alpha value is -1.76. The second-order valence-electron chi connectivity index (χ2n) is 3.72. The van der Waals surface area contributed by atoms with Crippen molar-refractivity contribution in [2.24, 2.45) is 7.05 Å². The van der Waals surface area contributed by atoms with Crippen LogP contribution in [0.25, 0.3) is 11.4 Å². The first-order valence-electron chi connectivity index (χ1n) is 5.40. The lowest BCUT2D eigenvalue weighted by Crippen LogP contribution is -2.20. The lowest BCUT2D eigenvalue weighted by atomic mass is 10.2. The molecule has 0 saturated heterocycles. The van der Waals surface area contributed by atoms with Crippen LogP contribution >= 0.6 is 11.8 Å². The van der Waals surface area contributed by atoms with Gasteiger partial charge in [0, 0.05) is 14.1 Å². The second kappa shape index (κ2) is 5.26. The summed E-state index contributed by atoms with van der Waals surface area (Å²) in [6, 6.07) is 1.85. The van der Waals surface area contributed by atoms with Gasteiger partial charge in [0.2, 0.25) is 5.91 Å². The summed E-state index contributed by atoms with van der Waals surface area (Å²) < 4.78 is 7.10. The first-order chi connectivity index (χ1) is 8.63. The van der Waals surface area contributed by atoms with E-state index in [0.717, 1.165) is 17.1 Å². The van der Waals surface area contributed by atoms with Crippen LogP contribution in [0.4, 0.5) is 0 Å². The molecule has 0 spiro atoms. The molecule has 1 N–H and O–H groups in total. The molecule has 0 aliphatic rings. The zero-order valence-corrected chi connectivity index (χ0v) is 11.2. The summed E-state index contributed by atoms with van der Waals surface area (Å²) in [5, 5.41) is 11.5. The third-order valence-electron chi connectivity index (χ3n) is 2.55. The molecule has 0 fully saturated rings. The predicted octanol–water partition coefficient (Wildman–Crippen LogP) is 1.22. The van der Waals surface area contributed by atoms with Gasteiger partial charge >= 0.3 is 0 Å². The molecule has 0 saturated carbocycles. The molecule has 2 heterocycles. The molecule has 0 aromatic carbocycles. The van der Waals surface area contributed by atoms with Gasteiger partial charge in [0.25, 0.3) is 0 Å². The number of carbonyl (C=O) groups excluding carboxylic acids is 1. The summed E-state index contributed by atoms with van der Waals surface area (Å²) in [5.74, 6) is 1.82. The van der Waals surface area contributed by atoms with E-state index in [1.54, 1.807) is 13.3 Å². The smallest absolute Gasteiger partial charge is 0.230 e. The third kappa shape index (κ3) is 2.40. The SMILES string of the molecule is CNC(=O)CSc1nnc(-c2ccoc2C)n1C. The van der Waals surface area contributed by atoms with Gasteiger partial charge in [0.15, 0.2) is 11.0 Å². The number of amides is 1. The molecule has 2 aromatic rings. The Balaban J connectivity index is 2.19. The standard InChI is InChI=1S/C11H14N4O2S/c1-7-8(4-5-17-7)10-13-14-11(15(10)3)18-6-9(16)12-2/h4-5H,6H2,1-3H3,(H,12,16). The lowest BCUT2D eigenvalue weighted by Gasteiger charge is -2.02. The summed E-state index contributed by atoms with van der Waals surface area (Å²) in [7, 11) is 3.48. The number of aromatic nitrogens is 3. The van der Waals surface area contributed by atoms with Crippen molar-refractivity contribution in [3.63, 3.8) is 0 Å². The number of rotatable bonds is 4. The van der Waals surface area contributed by atoms with Gasteiger partial charge in [-0.3, -0.25) is 4.79 Å². The van der Waals surface area contributed by atoms with Gasteiger partial charge in [-0.2, -0.15) is 0 Å². The van der Waals surface area contributed by atoms with Crippen LogP contribution in [0.15, 0.2) is 21.9 Å². The Kier molecular flexibility index (Phi) is 3.71. The minimum absolute atomic E-state index is 0.0379. The highest BCUT2D eigenvalue weighted by Crippen LogP contribution is 2.25. The summed E-state index contributed by atoms with van der Waals surface area (Å²) >= 11 is 1.35. The fourth-order valence-corrected chi connectivity index (χ4v) is 2.28. The van der Waals surface area contributed by atoms with Crippen LogP contribution in [0.1, 0.15) is 5.76 Å². The molecule has 6 nitrogen and oxygen atoms in total. The molecule has 0 unspecified atom stereocenters. The largest absolute Gasteiger partial charge is 0.469 e. The van der Waals surface area contributed by atoms with Crippen molar-refractivity contribution in [1.82, 2.24) is 20.1 Å². The van der Waals surface area contributed by atoms with Gasteiger partial charge in [-0.05, 0) is 13.0 Å². The van der Waals surface area contributed by atoms with Gasteiger partial charge in [-0.1, -0.05) is 11.8 Å².